The molecular weight excluding hydrogens is 410 g/mol. The number of nitrogens with zero attached hydrogens (tertiary/aromatic N) is 4. The lowest BCUT2D eigenvalue weighted by Gasteiger charge is -2.13. The molecule has 2 heterocycles. The Morgan fingerprint density at radius 1 is 1.00 bits per heavy atom. The Labute approximate surface area is 184 Å². The SMILES string of the molecule is COc1cccc(C(=O)Nc2ccc(Oc3cc(-n4ccnc4C)ncn3)cc2)c1OC. The third-order valence-electron chi connectivity index (χ3n) is 4.68. The summed E-state index contributed by atoms with van der Waals surface area (Å²) in [7, 11) is 3.02. The molecule has 162 valence electrons. The number of rotatable bonds is 7. The Hall–Kier alpha value is -4.40. The van der Waals surface area contributed by atoms with Crippen molar-refractivity contribution in [3.63, 3.8) is 0 Å². The number of methoxy groups -OCH3 is 2. The zero-order valence-corrected chi connectivity index (χ0v) is 17.8. The van der Waals surface area contributed by atoms with Gasteiger partial charge in [0.1, 0.15) is 23.7 Å². The van der Waals surface area contributed by atoms with Gasteiger partial charge in [-0.25, -0.2) is 15.0 Å². The van der Waals surface area contributed by atoms with E-state index in [-0.39, 0.29) is 5.91 Å². The van der Waals surface area contributed by atoms with Gasteiger partial charge >= 0.3 is 0 Å². The number of ether oxygens (including phenoxy) is 3. The minimum Gasteiger partial charge on any atom is -0.493 e. The highest BCUT2D eigenvalue weighted by molar-refractivity contribution is 6.06. The number of aryl methyl sites for hydroxylation is 1. The summed E-state index contributed by atoms with van der Waals surface area (Å²) in [4.78, 5) is 25.3. The van der Waals surface area contributed by atoms with E-state index in [1.165, 1.54) is 20.5 Å². The van der Waals surface area contributed by atoms with Gasteiger partial charge in [-0.15, -0.1) is 0 Å². The normalized spacial score (nSPS) is 10.5. The topological polar surface area (TPSA) is 100 Å². The van der Waals surface area contributed by atoms with Gasteiger partial charge in [0.25, 0.3) is 5.91 Å². The molecule has 0 aliphatic rings. The first-order valence-corrected chi connectivity index (χ1v) is 9.71. The summed E-state index contributed by atoms with van der Waals surface area (Å²) in [5.74, 6) is 2.96. The van der Waals surface area contributed by atoms with Crippen molar-refractivity contribution in [2.24, 2.45) is 0 Å². The number of carbonyl (C=O) groups is 1. The molecule has 32 heavy (non-hydrogen) atoms. The summed E-state index contributed by atoms with van der Waals surface area (Å²) < 4.78 is 18.3. The van der Waals surface area contributed by atoms with Crippen LogP contribution in [0.4, 0.5) is 5.69 Å². The zero-order valence-electron chi connectivity index (χ0n) is 17.8. The van der Waals surface area contributed by atoms with E-state index < -0.39 is 0 Å². The van der Waals surface area contributed by atoms with Crippen LogP contribution in [0.15, 0.2) is 67.3 Å². The second-order valence-corrected chi connectivity index (χ2v) is 6.68. The van der Waals surface area contributed by atoms with Gasteiger partial charge < -0.3 is 19.5 Å². The van der Waals surface area contributed by atoms with Crippen LogP contribution >= 0.6 is 0 Å². The molecule has 0 saturated heterocycles. The number of hydrogen-bond acceptors (Lipinski definition) is 7. The summed E-state index contributed by atoms with van der Waals surface area (Å²) in [5, 5.41) is 2.84. The van der Waals surface area contributed by atoms with Crippen LogP contribution < -0.4 is 19.5 Å². The van der Waals surface area contributed by atoms with E-state index in [9.17, 15) is 4.79 Å². The van der Waals surface area contributed by atoms with Gasteiger partial charge in [-0.1, -0.05) is 6.07 Å². The molecule has 0 aliphatic heterocycles. The van der Waals surface area contributed by atoms with Crippen molar-refractivity contribution in [2.75, 3.05) is 19.5 Å². The third kappa shape index (κ3) is 4.36. The van der Waals surface area contributed by atoms with Gasteiger partial charge in [0.05, 0.1) is 19.8 Å². The monoisotopic (exact) mass is 431 g/mol. The molecule has 4 rings (SSSR count). The van der Waals surface area contributed by atoms with Gasteiger partial charge in [-0.2, -0.15) is 0 Å². The molecular formula is C23H21N5O4. The highest BCUT2D eigenvalue weighted by Crippen LogP contribution is 2.31. The zero-order chi connectivity index (χ0) is 22.5. The van der Waals surface area contributed by atoms with E-state index >= 15 is 0 Å². The first-order valence-electron chi connectivity index (χ1n) is 9.71. The molecule has 9 nitrogen and oxygen atoms in total. The first-order chi connectivity index (χ1) is 15.6. The average Bonchev–Trinajstić information content (AvgIpc) is 3.25. The van der Waals surface area contributed by atoms with E-state index in [2.05, 4.69) is 20.3 Å². The summed E-state index contributed by atoms with van der Waals surface area (Å²) in [5.41, 5.74) is 0.972. The summed E-state index contributed by atoms with van der Waals surface area (Å²) in [6, 6.07) is 13.8. The average molecular weight is 431 g/mol. The van der Waals surface area contributed by atoms with Gasteiger partial charge in [0, 0.05) is 24.1 Å². The quantitative estimate of drug-likeness (QED) is 0.471. The number of nitrogens with one attached hydrogen (secondary N) is 1. The maximum absolute atomic E-state index is 12.7. The van der Waals surface area contributed by atoms with Crippen molar-refractivity contribution in [3.05, 3.63) is 78.6 Å². The van der Waals surface area contributed by atoms with Gasteiger partial charge in [-0.05, 0) is 43.3 Å². The standard InChI is InChI=1S/C23H21N5O4/c1-15-24-11-12-28(15)20-13-21(26-14-25-20)32-17-9-7-16(8-10-17)27-23(29)18-5-4-6-19(30-2)22(18)31-3/h4-14H,1-3H3,(H,27,29). The fourth-order valence-corrected chi connectivity index (χ4v) is 3.13. The molecule has 2 aromatic heterocycles. The minimum atomic E-state index is -0.314. The first kappa shape index (κ1) is 20.9. The molecule has 0 saturated carbocycles. The molecule has 9 heteroatoms. The van der Waals surface area contributed by atoms with Gasteiger partial charge in [0.15, 0.2) is 11.5 Å². The number of aromatic nitrogens is 4. The maximum Gasteiger partial charge on any atom is 0.259 e. The van der Waals surface area contributed by atoms with Gasteiger partial charge in [0.2, 0.25) is 5.88 Å². The number of para-hydroxylation sites is 1. The second-order valence-electron chi connectivity index (χ2n) is 6.68. The Bertz CT molecular complexity index is 1240. The largest absolute Gasteiger partial charge is 0.493 e. The van der Waals surface area contributed by atoms with Crippen LogP contribution in [-0.4, -0.2) is 39.6 Å². The maximum atomic E-state index is 12.7. The van der Waals surface area contributed by atoms with Crippen molar-refractivity contribution < 1.29 is 19.0 Å². The highest BCUT2D eigenvalue weighted by atomic mass is 16.5. The lowest BCUT2D eigenvalue weighted by Crippen LogP contribution is -2.13. The molecule has 2 aromatic carbocycles. The number of benzene rings is 2. The summed E-state index contributed by atoms with van der Waals surface area (Å²) in [6.45, 7) is 1.89. The van der Waals surface area contributed by atoms with Crippen LogP contribution in [-0.2, 0) is 0 Å². The Balaban J connectivity index is 1.46. The fourth-order valence-electron chi connectivity index (χ4n) is 3.13. The van der Waals surface area contributed by atoms with Crippen molar-refractivity contribution in [1.82, 2.24) is 19.5 Å². The smallest absolute Gasteiger partial charge is 0.259 e. The van der Waals surface area contributed by atoms with Crippen molar-refractivity contribution in [1.29, 1.82) is 0 Å². The third-order valence-corrected chi connectivity index (χ3v) is 4.68. The number of hydrogen-bond donors (Lipinski definition) is 1. The Morgan fingerprint density at radius 3 is 2.50 bits per heavy atom. The number of amides is 1. The molecule has 0 fully saturated rings. The van der Waals surface area contributed by atoms with E-state index in [0.29, 0.717) is 40.2 Å². The molecule has 0 radical (unpaired) electrons. The van der Waals surface area contributed by atoms with Crippen molar-refractivity contribution in [3.8, 4) is 28.9 Å². The highest BCUT2D eigenvalue weighted by Gasteiger charge is 2.16. The second kappa shape index (κ2) is 9.17. The summed E-state index contributed by atoms with van der Waals surface area (Å²) in [6.07, 6.45) is 4.95. The molecule has 0 aliphatic carbocycles. The predicted molar refractivity (Wildman–Crippen MR) is 118 cm³/mol. The van der Waals surface area contributed by atoms with Crippen molar-refractivity contribution in [2.45, 2.75) is 6.92 Å². The minimum absolute atomic E-state index is 0.314. The lowest BCUT2D eigenvalue weighted by atomic mass is 10.1. The molecule has 0 unspecified atom stereocenters. The van der Waals surface area contributed by atoms with Crippen LogP contribution in [0.25, 0.3) is 5.82 Å². The molecule has 4 aromatic rings. The lowest BCUT2D eigenvalue weighted by molar-refractivity contribution is 0.102. The van der Waals surface area contributed by atoms with Crippen LogP contribution in [0.1, 0.15) is 16.2 Å². The number of imidazole rings is 1. The number of carbonyl (C=O) groups excluding carboxylic acids is 1. The van der Waals surface area contributed by atoms with E-state index in [0.717, 1.165) is 5.82 Å². The van der Waals surface area contributed by atoms with E-state index in [1.807, 2.05) is 17.7 Å². The Morgan fingerprint density at radius 2 is 1.81 bits per heavy atom. The molecule has 0 spiro atoms. The van der Waals surface area contributed by atoms with Crippen LogP contribution in [0.3, 0.4) is 0 Å². The number of anilines is 1. The van der Waals surface area contributed by atoms with Crippen LogP contribution in [0.2, 0.25) is 0 Å². The van der Waals surface area contributed by atoms with Crippen LogP contribution in [0.5, 0.6) is 23.1 Å². The summed E-state index contributed by atoms with van der Waals surface area (Å²) >= 11 is 0. The molecule has 1 N–H and O–H groups in total. The van der Waals surface area contributed by atoms with Crippen LogP contribution in [0, 0.1) is 6.92 Å². The molecule has 0 bridgehead atoms. The molecule has 0 atom stereocenters. The van der Waals surface area contributed by atoms with Gasteiger partial charge in [-0.3, -0.25) is 9.36 Å². The van der Waals surface area contributed by atoms with E-state index in [1.54, 1.807) is 54.7 Å². The predicted octanol–water partition coefficient (Wildman–Crippen LogP) is 4.03. The fraction of sp³-hybridized carbons (Fsp3) is 0.130. The van der Waals surface area contributed by atoms with E-state index in [4.69, 9.17) is 14.2 Å². The molecule has 1 amide bonds. The Kier molecular flexibility index (Phi) is 5.98. The van der Waals surface area contributed by atoms with Crippen molar-refractivity contribution >= 4 is 11.6 Å².